The fraction of sp³-hybridized carbons (Fsp3) is 0.350. The van der Waals surface area contributed by atoms with Gasteiger partial charge in [0.1, 0.15) is 11.3 Å². The van der Waals surface area contributed by atoms with E-state index in [0.29, 0.717) is 29.4 Å². The molecule has 1 aliphatic carbocycles. The molecule has 4 aromatic heterocycles. The predicted octanol–water partition coefficient (Wildman–Crippen LogP) is 2.19. The van der Waals surface area contributed by atoms with Crippen LogP contribution in [0.4, 0.5) is 0 Å². The van der Waals surface area contributed by atoms with Crippen LogP contribution >= 0.6 is 0 Å². The van der Waals surface area contributed by atoms with E-state index in [4.69, 9.17) is 0 Å². The van der Waals surface area contributed by atoms with Crippen LogP contribution in [-0.2, 0) is 6.54 Å². The fourth-order valence-corrected chi connectivity index (χ4v) is 3.55. The van der Waals surface area contributed by atoms with Crippen molar-refractivity contribution in [2.24, 2.45) is 0 Å². The number of nitrogens with one attached hydrogen (secondary N) is 1. The number of fused-ring (bicyclic) bond motifs is 1. The lowest BCUT2D eigenvalue weighted by atomic mass is 10.3. The minimum absolute atomic E-state index is 0.00716. The molecule has 0 bridgehead atoms. The number of H-pyrrole nitrogens is 1. The molecule has 0 saturated heterocycles. The summed E-state index contributed by atoms with van der Waals surface area (Å²) in [6.45, 7) is 4.48. The largest absolute Gasteiger partial charge is 0.333 e. The normalized spacial score (nSPS) is 14.0. The third-order valence-corrected chi connectivity index (χ3v) is 5.14. The minimum Gasteiger partial charge on any atom is -0.332 e. The Labute approximate surface area is 165 Å². The van der Waals surface area contributed by atoms with Crippen molar-refractivity contribution in [1.29, 1.82) is 0 Å². The average Bonchev–Trinajstić information content (AvgIpc) is 3.29. The number of rotatable bonds is 5. The number of hydrogen-bond donors (Lipinski definition) is 1. The quantitative estimate of drug-likeness (QED) is 0.562. The van der Waals surface area contributed by atoms with E-state index in [1.165, 1.54) is 4.57 Å². The van der Waals surface area contributed by atoms with Gasteiger partial charge in [-0.3, -0.25) is 13.9 Å². The van der Waals surface area contributed by atoms with Gasteiger partial charge in [0.05, 0.1) is 6.20 Å². The van der Waals surface area contributed by atoms with E-state index in [1.54, 1.807) is 21.6 Å². The molecule has 1 fully saturated rings. The zero-order chi connectivity index (χ0) is 20.1. The number of aromatic nitrogens is 7. The van der Waals surface area contributed by atoms with Gasteiger partial charge in [-0.25, -0.2) is 19.4 Å². The van der Waals surface area contributed by atoms with Crippen molar-refractivity contribution in [2.75, 3.05) is 0 Å². The van der Waals surface area contributed by atoms with E-state index in [0.717, 1.165) is 30.4 Å². The van der Waals surface area contributed by atoms with Crippen LogP contribution in [0.5, 0.6) is 0 Å². The van der Waals surface area contributed by atoms with Crippen molar-refractivity contribution in [1.82, 2.24) is 33.9 Å². The Kier molecular flexibility index (Phi) is 3.97. The fourth-order valence-electron chi connectivity index (χ4n) is 3.55. The molecule has 1 aliphatic rings. The van der Waals surface area contributed by atoms with Crippen LogP contribution in [0.3, 0.4) is 0 Å². The smallest absolute Gasteiger partial charge is 0.332 e. The molecule has 4 heterocycles. The molecule has 0 aliphatic heterocycles. The van der Waals surface area contributed by atoms with Gasteiger partial charge >= 0.3 is 5.69 Å². The van der Waals surface area contributed by atoms with Crippen LogP contribution < -0.4 is 11.2 Å². The van der Waals surface area contributed by atoms with Gasteiger partial charge in [0.2, 0.25) is 0 Å². The summed E-state index contributed by atoms with van der Waals surface area (Å²) in [5.41, 5.74) is 1.99. The zero-order valence-electron chi connectivity index (χ0n) is 16.3. The first-order valence-corrected chi connectivity index (χ1v) is 9.80. The van der Waals surface area contributed by atoms with Crippen LogP contribution in [0, 0.1) is 6.92 Å². The Morgan fingerprint density at radius 1 is 1.21 bits per heavy atom. The molecule has 5 rings (SSSR count). The van der Waals surface area contributed by atoms with Crippen molar-refractivity contribution in [3.8, 4) is 17.2 Å². The molecule has 1 saturated carbocycles. The van der Waals surface area contributed by atoms with Crippen molar-refractivity contribution in [2.45, 2.75) is 45.7 Å². The van der Waals surface area contributed by atoms with Crippen LogP contribution in [0.25, 0.3) is 28.4 Å². The molecule has 148 valence electrons. The molecule has 0 radical (unpaired) electrons. The predicted molar refractivity (Wildman–Crippen MR) is 108 cm³/mol. The van der Waals surface area contributed by atoms with Crippen LogP contribution in [0.15, 0.2) is 40.3 Å². The first kappa shape index (κ1) is 17.6. The van der Waals surface area contributed by atoms with Crippen molar-refractivity contribution in [3.05, 3.63) is 57.1 Å². The van der Waals surface area contributed by atoms with E-state index in [9.17, 15) is 9.59 Å². The Bertz CT molecular complexity index is 1320. The van der Waals surface area contributed by atoms with Gasteiger partial charge in [-0.15, -0.1) is 0 Å². The van der Waals surface area contributed by atoms with Crippen molar-refractivity contribution in [3.63, 3.8) is 0 Å². The highest BCUT2D eigenvalue weighted by Crippen LogP contribution is 2.32. The standard InChI is InChI=1S/C20H21N7O2/c1-3-8-25-18-16(19(28)27(20(25)29)14-5-6-14)23-17(24-18)13-4-7-15(21-10-13)26-11-12(2)9-22-26/h4,7,9-11,14H,3,5-6,8H2,1-2H3,(H,23,24). The van der Waals surface area contributed by atoms with E-state index < -0.39 is 0 Å². The third kappa shape index (κ3) is 2.89. The van der Waals surface area contributed by atoms with Gasteiger partial charge in [-0.1, -0.05) is 6.92 Å². The molecular weight excluding hydrogens is 370 g/mol. The van der Waals surface area contributed by atoms with Crippen LogP contribution in [-0.4, -0.2) is 33.9 Å². The maximum atomic E-state index is 12.9. The summed E-state index contributed by atoms with van der Waals surface area (Å²) in [6, 6.07) is 3.72. The summed E-state index contributed by atoms with van der Waals surface area (Å²) in [6.07, 6.45) is 7.86. The zero-order valence-corrected chi connectivity index (χ0v) is 16.3. The summed E-state index contributed by atoms with van der Waals surface area (Å²) >= 11 is 0. The summed E-state index contributed by atoms with van der Waals surface area (Å²) in [7, 11) is 0. The molecule has 29 heavy (non-hydrogen) atoms. The summed E-state index contributed by atoms with van der Waals surface area (Å²) in [5, 5.41) is 4.26. The molecule has 9 nitrogen and oxygen atoms in total. The second-order valence-corrected chi connectivity index (χ2v) is 7.49. The highest BCUT2D eigenvalue weighted by molar-refractivity contribution is 5.75. The number of nitrogens with zero attached hydrogens (tertiary/aromatic N) is 6. The SMILES string of the molecule is CCCn1c(=O)n(C2CC2)c(=O)c2[nH]c(-c3ccc(-n4cc(C)cn4)nc3)nc21. The highest BCUT2D eigenvalue weighted by Gasteiger charge is 2.29. The van der Waals surface area contributed by atoms with E-state index in [2.05, 4.69) is 20.1 Å². The van der Waals surface area contributed by atoms with Gasteiger partial charge in [0.25, 0.3) is 5.56 Å². The van der Waals surface area contributed by atoms with Crippen LogP contribution in [0.1, 0.15) is 37.8 Å². The van der Waals surface area contributed by atoms with E-state index >= 15 is 0 Å². The molecule has 0 amide bonds. The topological polar surface area (TPSA) is 103 Å². The molecule has 0 aromatic carbocycles. The van der Waals surface area contributed by atoms with Crippen molar-refractivity contribution >= 4 is 11.2 Å². The molecule has 1 N–H and O–H groups in total. The van der Waals surface area contributed by atoms with Gasteiger partial charge in [0.15, 0.2) is 11.5 Å². The van der Waals surface area contributed by atoms with Crippen LogP contribution in [0.2, 0.25) is 0 Å². The van der Waals surface area contributed by atoms with E-state index in [1.807, 2.05) is 32.2 Å². The Morgan fingerprint density at radius 2 is 2.03 bits per heavy atom. The molecule has 0 atom stereocenters. The minimum atomic E-state index is -0.296. The third-order valence-electron chi connectivity index (χ3n) is 5.14. The average molecular weight is 391 g/mol. The maximum absolute atomic E-state index is 12.9. The number of hydrogen-bond acceptors (Lipinski definition) is 5. The number of aromatic amines is 1. The number of pyridine rings is 1. The molecule has 0 spiro atoms. The van der Waals surface area contributed by atoms with Gasteiger partial charge in [-0.05, 0) is 43.9 Å². The van der Waals surface area contributed by atoms with Gasteiger partial charge in [0, 0.05) is 30.5 Å². The lowest BCUT2D eigenvalue weighted by molar-refractivity contribution is 0.571. The lowest BCUT2D eigenvalue weighted by Gasteiger charge is -2.09. The first-order valence-electron chi connectivity index (χ1n) is 9.80. The van der Waals surface area contributed by atoms with Crippen molar-refractivity contribution < 1.29 is 0 Å². The van der Waals surface area contributed by atoms with Gasteiger partial charge < -0.3 is 4.98 Å². The maximum Gasteiger partial charge on any atom is 0.333 e. The van der Waals surface area contributed by atoms with Gasteiger partial charge in [-0.2, -0.15) is 5.10 Å². The second kappa shape index (κ2) is 6.54. The number of imidazole rings is 1. The molecule has 4 aromatic rings. The lowest BCUT2D eigenvalue weighted by Crippen LogP contribution is -2.39. The Balaban J connectivity index is 1.63. The molecular formula is C20H21N7O2. The summed E-state index contributed by atoms with van der Waals surface area (Å²) in [4.78, 5) is 38.0. The van der Waals surface area contributed by atoms with E-state index in [-0.39, 0.29) is 17.3 Å². The first-order chi connectivity index (χ1) is 14.1. The number of aryl methyl sites for hydroxylation is 2. The second-order valence-electron chi connectivity index (χ2n) is 7.49. The molecule has 9 heteroatoms. The molecule has 0 unspecified atom stereocenters. The highest BCUT2D eigenvalue weighted by atomic mass is 16.2. The Morgan fingerprint density at radius 3 is 2.66 bits per heavy atom. The summed E-state index contributed by atoms with van der Waals surface area (Å²) in [5.74, 6) is 1.21. The monoisotopic (exact) mass is 391 g/mol. The Hall–Kier alpha value is -3.49. The summed E-state index contributed by atoms with van der Waals surface area (Å²) < 4.78 is 4.68.